The third-order valence-corrected chi connectivity index (χ3v) is 3.25. The standard InChI is InChI=1S/C15H20N2O/c1-4-15(3,11-16)17-14(18)10-9-13-8-6-5-7-12(13)2/h5-8H,4,9-10H2,1-3H3,(H,17,18). The lowest BCUT2D eigenvalue weighted by Gasteiger charge is -2.21. The van der Waals surface area contributed by atoms with Gasteiger partial charge in [0.25, 0.3) is 0 Å². The molecule has 3 heteroatoms. The van der Waals surface area contributed by atoms with Crippen molar-refractivity contribution in [2.24, 2.45) is 0 Å². The Morgan fingerprint density at radius 3 is 2.67 bits per heavy atom. The topological polar surface area (TPSA) is 52.9 Å². The third kappa shape index (κ3) is 3.89. The van der Waals surface area contributed by atoms with Crippen LogP contribution in [0.4, 0.5) is 0 Å². The number of nitriles is 1. The molecule has 0 aliphatic heterocycles. The molecule has 0 aromatic heterocycles. The maximum atomic E-state index is 11.8. The second kappa shape index (κ2) is 6.20. The van der Waals surface area contributed by atoms with E-state index in [4.69, 9.17) is 5.26 Å². The van der Waals surface area contributed by atoms with E-state index in [0.29, 0.717) is 19.3 Å². The molecular weight excluding hydrogens is 224 g/mol. The lowest BCUT2D eigenvalue weighted by molar-refractivity contribution is -0.122. The molecule has 1 aromatic rings. The second-order valence-corrected chi connectivity index (χ2v) is 4.77. The molecule has 1 unspecified atom stereocenters. The Bertz CT molecular complexity index is 462. The van der Waals surface area contributed by atoms with Crippen molar-refractivity contribution in [2.75, 3.05) is 0 Å². The number of carbonyl (C=O) groups is 1. The van der Waals surface area contributed by atoms with Crippen LogP contribution in [0.2, 0.25) is 0 Å². The predicted molar refractivity (Wildman–Crippen MR) is 72.0 cm³/mol. The van der Waals surface area contributed by atoms with Crippen molar-refractivity contribution in [2.45, 2.75) is 45.6 Å². The average Bonchev–Trinajstić information content (AvgIpc) is 2.37. The Morgan fingerprint density at radius 1 is 1.44 bits per heavy atom. The van der Waals surface area contributed by atoms with E-state index in [-0.39, 0.29) is 5.91 Å². The van der Waals surface area contributed by atoms with Crippen LogP contribution < -0.4 is 5.32 Å². The predicted octanol–water partition coefficient (Wildman–Crippen LogP) is 2.74. The Labute approximate surface area is 109 Å². The number of aryl methyl sites for hydroxylation is 2. The summed E-state index contributed by atoms with van der Waals surface area (Å²) in [5, 5.41) is 11.8. The third-order valence-electron chi connectivity index (χ3n) is 3.25. The summed E-state index contributed by atoms with van der Waals surface area (Å²) < 4.78 is 0. The molecule has 3 nitrogen and oxygen atoms in total. The van der Waals surface area contributed by atoms with Crippen molar-refractivity contribution in [3.05, 3.63) is 35.4 Å². The first-order valence-electron chi connectivity index (χ1n) is 6.27. The van der Waals surface area contributed by atoms with Crippen LogP contribution in [0.5, 0.6) is 0 Å². The summed E-state index contributed by atoms with van der Waals surface area (Å²) in [6.07, 6.45) is 1.74. The van der Waals surface area contributed by atoms with E-state index in [0.717, 1.165) is 0 Å². The van der Waals surface area contributed by atoms with E-state index >= 15 is 0 Å². The highest BCUT2D eigenvalue weighted by Gasteiger charge is 2.23. The van der Waals surface area contributed by atoms with Gasteiger partial charge in [0.1, 0.15) is 5.54 Å². The molecule has 0 saturated carbocycles. The molecule has 1 N–H and O–H groups in total. The van der Waals surface area contributed by atoms with Crippen molar-refractivity contribution in [1.29, 1.82) is 5.26 Å². The zero-order chi connectivity index (χ0) is 13.6. The summed E-state index contributed by atoms with van der Waals surface area (Å²) in [6.45, 7) is 5.68. The zero-order valence-electron chi connectivity index (χ0n) is 11.3. The average molecular weight is 244 g/mol. The van der Waals surface area contributed by atoms with E-state index in [2.05, 4.69) is 11.4 Å². The molecule has 0 aliphatic rings. The van der Waals surface area contributed by atoms with Crippen LogP contribution in [0.3, 0.4) is 0 Å². The van der Waals surface area contributed by atoms with Gasteiger partial charge in [0.2, 0.25) is 5.91 Å². The first-order valence-corrected chi connectivity index (χ1v) is 6.27. The van der Waals surface area contributed by atoms with Gasteiger partial charge in [-0.1, -0.05) is 31.2 Å². The Balaban J connectivity index is 2.53. The molecule has 0 radical (unpaired) electrons. The minimum atomic E-state index is -0.747. The van der Waals surface area contributed by atoms with Crippen LogP contribution in [-0.2, 0) is 11.2 Å². The molecule has 0 bridgehead atoms. The molecule has 1 amide bonds. The van der Waals surface area contributed by atoms with E-state index in [1.807, 2.05) is 38.1 Å². The van der Waals surface area contributed by atoms with Gasteiger partial charge in [0, 0.05) is 6.42 Å². The van der Waals surface area contributed by atoms with Crippen molar-refractivity contribution in [1.82, 2.24) is 5.32 Å². The van der Waals surface area contributed by atoms with Crippen LogP contribution in [0, 0.1) is 18.3 Å². The Morgan fingerprint density at radius 2 is 2.11 bits per heavy atom. The number of nitrogens with one attached hydrogen (secondary N) is 1. The number of benzene rings is 1. The largest absolute Gasteiger partial charge is 0.338 e. The first kappa shape index (κ1) is 14.2. The summed E-state index contributed by atoms with van der Waals surface area (Å²) in [5.74, 6) is -0.0656. The smallest absolute Gasteiger partial charge is 0.221 e. The first-order chi connectivity index (χ1) is 8.50. The number of nitrogens with zero attached hydrogens (tertiary/aromatic N) is 1. The fourth-order valence-electron chi connectivity index (χ4n) is 1.70. The van der Waals surface area contributed by atoms with E-state index in [1.54, 1.807) is 6.92 Å². The van der Waals surface area contributed by atoms with Crippen molar-refractivity contribution in [3.8, 4) is 6.07 Å². The van der Waals surface area contributed by atoms with Crippen molar-refractivity contribution < 1.29 is 4.79 Å². The summed E-state index contributed by atoms with van der Waals surface area (Å²) in [6, 6.07) is 10.2. The number of amides is 1. The number of hydrogen-bond acceptors (Lipinski definition) is 2. The molecule has 96 valence electrons. The Kier molecular flexibility index (Phi) is 4.91. The van der Waals surface area contributed by atoms with Crippen molar-refractivity contribution in [3.63, 3.8) is 0 Å². The lowest BCUT2D eigenvalue weighted by Crippen LogP contribution is -2.44. The molecule has 1 atom stereocenters. The molecular formula is C15H20N2O. The molecule has 0 aliphatic carbocycles. The molecule has 18 heavy (non-hydrogen) atoms. The van der Waals surface area contributed by atoms with Gasteiger partial charge < -0.3 is 5.32 Å². The second-order valence-electron chi connectivity index (χ2n) is 4.77. The van der Waals surface area contributed by atoms with Crippen LogP contribution in [0.1, 0.15) is 37.8 Å². The molecule has 0 spiro atoms. The van der Waals surface area contributed by atoms with Gasteiger partial charge in [-0.2, -0.15) is 5.26 Å². The van der Waals surface area contributed by atoms with Gasteiger partial charge in [0.05, 0.1) is 6.07 Å². The highest BCUT2D eigenvalue weighted by Crippen LogP contribution is 2.11. The fourth-order valence-corrected chi connectivity index (χ4v) is 1.70. The summed E-state index contributed by atoms with van der Waals surface area (Å²) >= 11 is 0. The fraction of sp³-hybridized carbons (Fsp3) is 0.467. The monoisotopic (exact) mass is 244 g/mol. The highest BCUT2D eigenvalue weighted by molar-refractivity contribution is 5.77. The molecule has 0 heterocycles. The summed E-state index contributed by atoms with van der Waals surface area (Å²) in [7, 11) is 0. The maximum absolute atomic E-state index is 11.8. The highest BCUT2D eigenvalue weighted by atomic mass is 16.1. The van der Waals surface area contributed by atoms with Crippen LogP contribution in [0.25, 0.3) is 0 Å². The maximum Gasteiger partial charge on any atom is 0.221 e. The summed E-state index contributed by atoms with van der Waals surface area (Å²) in [4.78, 5) is 11.8. The van der Waals surface area contributed by atoms with Crippen LogP contribution in [0.15, 0.2) is 24.3 Å². The van der Waals surface area contributed by atoms with Gasteiger partial charge in [-0.3, -0.25) is 4.79 Å². The SMILES string of the molecule is CCC(C)(C#N)NC(=O)CCc1ccccc1C. The van der Waals surface area contributed by atoms with E-state index < -0.39 is 5.54 Å². The van der Waals surface area contributed by atoms with E-state index in [9.17, 15) is 4.79 Å². The molecule has 1 aromatic carbocycles. The van der Waals surface area contributed by atoms with Crippen molar-refractivity contribution >= 4 is 5.91 Å². The number of carbonyl (C=O) groups excluding carboxylic acids is 1. The van der Waals surface area contributed by atoms with Gasteiger partial charge >= 0.3 is 0 Å². The number of rotatable bonds is 5. The normalized spacial score (nSPS) is 13.4. The quantitative estimate of drug-likeness (QED) is 0.865. The zero-order valence-corrected chi connectivity index (χ0v) is 11.3. The lowest BCUT2D eigenvalue weighted by atomic mass is 10.00. The molecule has 1 rings (SSSR count). The number of hydrogen-bond donors (Lipinski definition) is 1. The van der Waals surface area contributed by atoms with Crippen LogP contribution >= 0.6 is 0 Å². The minimum Gasteiger partial charge on any atom is -0.338 e. The van der Waals surface area contributed by atoms with Gasteiger partial charge in [-0.25, -0.2) is 0 Å². The van der Waals surface area contributed by atoms with E-state index in [1.165, 1.54) is 11.1 Å². The Hall–Kier alpha value is -1.82. The minimum absolute atomic E-state index is 0.0656. The van der Waals surface area contributed by atoms with Gasteiger partial charge in [0.15, 0.2) is 0 Å². The molecule has 0 fully saturated rings. The summed E-state index contributed by atoms with van der Waals surface area (Å²) in [5.41, 5.74) is 1.63. The van der Waals surface area contributed by atoms with Crippen LogP contribution in [-0.4, -0.2) is 11.4 Å². The van der Waals surface area contributed by atoms with Gasteiger partial charge in [-0.05, 0) is 37.8 Å². The van der Waals surface area contributed by atoms with Gasteiger partial charge in [-0.15, -0.1) is 0 Å². The molecule has 0 saturated heterocycles.